The number of hydrogen-bond acceptors (Lipinski definition) is 4. The molecular formula is C20H25N3O3. The molecule has 1 atom stereocenters. The van der Waals surface area contributed by atoms with E-state index in [2.05, 4.69) is 17.0 Å². The van der Waals surface area contributed by atoms with Crippen molar-refractivity contribution in [3.63, 3.8) is 0 Å². The average molecular weight is 355 g/mol. The minimum absolute atomic E-state index is 0.327. The second-order valence-corrected chi connectivity index (χ2v) is 6.27. The number of rotatable bonds is 7. The fourth-order valence-corrected chi connectivity index (χ4v) is 2.60. The summed E-state index contributed by atoms with van der Waals surface area (Å²) in [5, 5.41) is 7.06. The third-order valence-electron chi connectivity index (χ3n) is 4.11. The van der Waals surface area contributed by atoms with Gasteiger partial charge in [0.25, 0.3) is 5.91 Å². The van der Waals surface area contributed by atoms with Gasteiger partial charge in [-0.25, -0.2) is 4.79 Å². The van der Waals surface area contributed by atoms with E-state index >= 15 is 0 Å². The highest BCUT2D eigenvalue weighted by Crippen LogP contribution is 2.17. The molecule has 138 valence electrons. The number of ether oxygens (including phenoxy) is 1. The highest BCUT2D eigenvalue weighted by molar-refractivity contribution is 5.94. The van der Waals surface area contributed by atoms with Crippen molar-refractivity contribution in [1.82, 2.24) is 15.1 Å². The van der Waals surface area contributed by atoms with Crippen LogP contribution in [0.4, 0.5) is 0 Å². The average Bonchev–Trinajstić information content (AvgIpc) is 2.88. The fraction of sp³-hybridized carbons (Fsp3) is 0.350. The molecule has 0 saturated carbocycles. The molecule has 0 spiro atoms. The zero-order valence-corrected chi connectivity index (χ0v) is 15.7. The Morgan fingerprint density at radius 1 is 1.27 bits per heavy atom. The Labute approximate surface area is 153 Å². The van der Waals surface area contributed by atoms with Crippen LogP contribution in [0.3, 0.4) is 0 Å². The van der Waals surface area contributed by atoms with Gasteiger partial charge in [0.05, 0.1) is 17.9 Å². The number of carbonyl (C=O) groups is 2. The van der Waals surface area contributed by atoms with Gasteiger partial charge in [0.1, 0.15) is 5.56 Å². The third kappa shape index (κ3) is 4.59. The molecular weight excluding hydrogens is 330 g/mol. The van der Waals surface area contributed by atoms with E-state index < -0.39 is 12.1 Å². The normalized spacial score (nSPS) is 11.7. The maximum Gasteiger partial charge on any atom is 0.342 e. The van der Waals surface area contributed by atoms with Gasteiger partial charge in [0.15, 0.2) is 6.10 Å². The van der Waals surface area contributed by atoms with Gasteiger partial charge in [-0.3, -0.25) is 9.48 Å². The van der Waals surface area contributed by atoms with E-state index in [1.807, 2.05) is 38.1 Å². The van der Waals surface area contributed by atoms with E-state index in [1.54, 1.807) is 17.7 Å². The molecule has 1 aromatic carbocycles. The lowest BCUT2D eigenvalue weighted by molar-refractivity contribution is -0.128. The largest absolute Gasteiger partial charge is 0.449 e. The Morgan fingerprint density at radius 2 is 1.92 bits per heavy atom. The van der Waals surface area contributed by atoms with Crippen LogP contribution >= 0.6 is 0 Å². The Kier molecular flexibility index (Phi) is 6.33. The molecule has 2 aromatic rings. The van der Waals surface area contributed by atoms with Gasteiger partial charge in [-0.2, -0.15) is 5.10 Å². The van der Waals surface area contributed by atoms with Crippen molar-refractivity contribution in [1.29, 1.82) is 0 Å². The van der Waals surface area contributed by atoms with Crippen LogP contribution in [-0.4, -0.2) is 34.3 Å². The minimum Gasteiger partial charge on any atom is -0.449 e. The molecule has 0 bridgehead atoms. The fourth-order valence-electron chi connectivity index (χ4n) is 2.60. The zero-order chi connectivity index (χ0) is 19.3. The second-order valence-electron chi connectivity index (χ2n) is 6.27. The second kappa shape index (κ2) is 8.47. The van der Waals surface area contributed by atoms with Crippen molar-refractivity contribution in [3.05, 3.63) is 65.0 Å². The van der Waals surface area contributed by atoms with Crippen LogP contribution in [0.1, 0.15) is 39.8 Å². The summed E-state index contributed by atoms with van der Waals surface area (Å²) in [6.45, 7) is 11.6. The summed E-state index contributed by atoms with van der Waals surface area (Å²) in [5.74, 6) is -0.906. The molecule has 0 aliphatic rings. The molecule has 2 rings (SSSR count). The molecule has 0 saturated heterocycles. The molecule has 0 radical (unpaired) electrons. The summed E-state index contributed by atoms with van der Waals surface area (Å²) >= 11 is 0. The maximum atomic E-state index is 12.5. The van der Waals surface area contributed by atoms with Crippen molar-refractivity contribution < 1.29 is 14.3 Å². The summed E-state index contributed by atoms with van der Waals surface area (Å²) in [6, 6.07) is 8.16. The first kappa shape index (κ1) is 19.4. The Balaban J connectivity index is 2.13. The molecule has 1 amide bonds. The Hall–Kier alpha value is -2.89. The van der Waals surface area contributed by atoms with Gasteiger partial charge >= 0.3 is 5.97 Å². The lowest BCUT2D eigenvalue weighted by Crippen LogP contribution is -2.36. The van der Waals surface area contributed by atoms with Gasteiger partial charge in [-0.1, -0.05) is 35.9 Å². The summed E-state index contributed by atoms with van der Waals surface area (Å²) < 4.78 is 7.07. The van der Waals surface area contributed by atoms with Crippen LogP contribution in [0.5, 0.6) is 0 Å². The lowest BCUT2D eigenvalue weighted by atomic mass is 10.1. The topological polar surface area (TPSA) is 73.2 Å². The number of carbonyl (C=O) groups excluding carboxylic acids is 2. The standard InChI is InChI=1S/C20H25N3O3/c1-6-11-21-19(24)16(5)26-20(25)18-14(3)22-23(15(18)4)12-17-9-7-13(2)8-10-17/h6-10,16H,1,11-12H2,2-5H3,(H,21,24)/t16-/m1/s1. The molecule has 1 heterocycles. The number of hydrogen-bond donors (Lipinski definition) is 1. The van der Waals surface area contributed by atoms with Crippen molar-refractivity contribution in [2.24, 2.45) is 0 Å². The molecule has 0 fully saturated rings. The van der Waals surface area contributed by atoms with Crippen LogP contribution in [0.25, 0.3) is 0 Å². The number of benzene rings is 1. The number of nitrogens with one attached hydrogen (secondary N) is 1. The van der Waals surface area contributed by atoms with E-state index in [4.69, 9.17) is 4.74 Å². The van der Waals surface area contributed by atoms with Crippen LogP contribution in [-0.2, 0) is 16.1 Å². The highest BCUT2D eigenvalue weighted by Gasteiger charge is 2.24. The summed E-state index contributed by atoms with van der Waals surface area (Å²) in [6.07, 6.45) is 0.678. The molecule has 0 aliphatic heterocycles. The molecule has 26 heavy (non-hydrogen) atoms. The number of aryl methyl sites for hydroxylation is 2. The molecule has 0 unspecified atom stereocenters. The van der Waals surface area contributed by atoms with Gasteiger partial charge in [-0.05, 0) is 33.3 Å². The van der Waals surface area contributed by atoms with Crippen LogP contribution in [0.2, 0.25) is 0 Å². The van der Waals surface area contributed by atoms with Crippen molar-refractivity contribution >= 4 is 11.9 Å². The molecule has 6 nitrogen and oxygen atoms in total. The maximum absolute atomic E-state index is 12.5. The smallest absolute Gasteiger partial charge is 0.342 e. The lowest BCUT2D eigenvalue weighted by Gasteiger charge is -2.13. The summed E-state index contributed by atoms with van der Waals surface area (Å²) in [4.78, 5) is 24.4. The van der Waals surface area contributed by atoms with Crippen LogP contribution in [0.15, 0.2) is 36.9 Å². The quantitative estimate of drug-likeness (QED) is 0.612. The van der Waals surface area contributed by atoms with Crippen LogP contribution < -0.4 is 5.32 Å². The number of esters is 1. The molecule has 1 aromatic heterocycles. The van der Waals surface area contributed by atoms with E-state index in [0.717, 1.165) is 5.56 Å². The predicted octanol–water partition coefficient (Wildman–Crippen LogP) is 2.70. The zero-order valence-electron chi connectivity index (χ0n) is 15.7. The van der Waals surface area contributed by atoms with E-state index in [-0.39, 0.29) is 5.91 Å². The molecule has 0 aliphatic carbocycles. The van der Waals surface area contributed by atoms with Gasteiger partial charge in [0.2, 0.25) is 0 Å². The van der Waals surface area contributed by atoms with Crippen molar-refractivity contribution in [2.45, 2.75) is 40.3 Å². The van der Waals surface area contributed by atoms with E-state index in [9.17, 15) is 9.59 Å². The molecule has 1 N–H and O–H groups in total. The number of nitrogens with zero attached hydrogens (tertiary/aromatic N) is 2. The summed E-state index contributed by atoms with van der Waals surface area (Å²) in [7, 11) is 0. The first-order valence-corrected chi connectivity index (χ1v) is 8.52. The first-order valence-electron chi connectivity index (χ1n) is 8.52. The Morgan fingerprint density at radius 3 is 2.54 bits per heavy atom. The Bertz CT molecular complexity index is 806. The monoisotopic (exact) mass is 355 g/mol. The first-order chi connectivity index (χ1) is 12.3. The van der Waals surface area contributed by atoms with Crippen molar-refractivity contribution in [3.8, 4) is 0 Å². The number of aromatic nitrogens is 2. The van der Waals surface area contributed by atoms with Gasteiger partial charge in [-0.15, -0.1) is 6.58 Å². The van der Waals surface area contributed by atoms with Gasteiger partial charge < -0.3 is 10.1 Å². The van der Waals surface area contributed by atoms with E-state index in [1.165, 1.54) is 12.5 Å². The SMILES string of the molecule is C=CCNC(=O)[C@@H](C)OC(=O)c1c(C)nn(Cc2ccc(C)cc2)c1C. The highest BCUT2D eigenvalue weighted by atomic mass is 16.5. The van der Waals surface area contributed by atoms with Crippen molar-refractivity contribution in [2.75, 3.05) is 6.54 Å². The molecule has 6 heteroatoms. The number of amides is 1. The summed E-state index contributed by atoms with van der Waals surface area (Å²) in [5.41, 5.74) is 3.99. The van der Waals surface area contributed by atoms with E-state index in [0.29, 0.717) is 30.0 Å². The third-order valence-corrected chi connectivity index (χ3v) is 4.11. The van der Waals surface area contributed by atoms with Crippen LogP contribution in [0, 0.1) is 20.8 Å². The predicted molar refractivity (Wildman–Crippen MR) is 100 cm³/mol. The minimum atomic E-state index is -0.887. The van der Waals surface area contributed by atoms with Gasteiger partial charge in [0, 0.05) is 6.54 Å².